The molecule has 0 fully saturated rings. The van der Waals surface area contributed by atoms with Crippen LogP contribution in [0.25, 0.3) is 10.2 Å². The molecule has 0 spiro atoms. The van der Waals surface area contributed by atoms with Gasteiger partial charge in [-0.15, -0.1) is 11.3 Å². The van der Waals surface area contributed by atoms with Gasteiger partial charge in [-0.05, 0) is 36.4 Å². The molecule has 124 valence electrons. The Hall–Kier alpha value is -1.99. The van der Waals surface area contributed by atoms with E-state index in [0.717, 1.165) is 15.2 Å². The van der Waals surface area contributed by atoms with Crippen molar-refractivity contribution < 1.29 is 13.6 Å². The number of thiazole rings is 1. The molecule has 0 saturated heterocycles. The molecule has 0 aliphatic rings. The summed E-state index contributed by atoms with van der Waals surface area (Å²) in [6.45, 7) is 0.408. The maximum absolute atomic E-state index is 12.4. The molecule has 24 heavy (non-hydrogen) atoms. The highest BCUT2D eigenvalue weighted by Crippen LogP contribution is 2.26. The molecule has 0 N–H and O–H groups in total. The highest BCUT2D eigenvalue weighted by Gasteiger charge is 2.15. The molecule has 0 radical (unpaired) electrons. The lowest BCUT2D eigenvalue weighted by atomic mass is 10.2. The maximum atomic E-state index is 12.4. The highest BCUT2D eigenvalue weighted by molar-refractivity contribution is 7.99. The molecule has 3 aromatic rings. The predicted molar refractivity (Wildman–Crippen MR) is 93.7 cm³/mol. The van der Waals surface area contributed by atoms with Crippen molar-refractivity contribution in [3.05, 3.63) is 59.1 Å². The van der Waals surface area contributed by atoms with Crippen molar-refractivity contribution in [1.29, 1.82) is 0 Å². The summed E-state index contributed by atoms with van der Waals surface area (Å²) in [5, 5.41) is 0.858. The van der Waals surface area contributed by atoms with Crippen LogP contribution in [0.3, 0.4) is 0 Å². The van der Waals surface area contributed by atoms with E-state index in [2.05, 4.69) is 4.98 Å². The quantitative estimate of drug-likeness (QED) is 0.605. The standard InChI is InChI=1S/C17H14F2N2OS2/c1-21(10-15-20-13-4-2-3-5-14(13)24-15)16(22)11-6-8-12(9-7-11)23-17(18)19/h2-9,17H,10H2,1H3. The second-order valence-corrected chi connectivity index (χ2v) is 7.32. The van der Waals surface area contributed by atoms with Crippen molar-refractivity contribution in [3.63, 3.8) is 0 Å². The van der Waals surface area contributed by atoms with E-state index in [1.54, 1.807) is 35.4 Å². The van der Waals surface area contributed by atoms with Crippen LogP contribution in [-0.4, -0.2) is 28.6 Å². The molecule has 1 heterocycles. The summed E-state index contributed by atoms with van der Waals surface area (Å²) in [6.07, 6.45) is 0. The van der Waals surface area contributed by atoms with Crippen molar-refractivity contribution in [2.24, 2.45) is 0 Å². The lowest BCUT2D eigenvalue weighted by Crippen LogP contribution is -2.26. The van der Waals surface area contributed by atoms with Crippen LogP contribution in [0.5, 0.6) is 0 Å². The lowest BCUT2D eigenvalue weighted by molar-refractivity contribution is 0.0785. The molecular formula is C17H14F2N2OS2. The van der Waals surface area contributed by atoms with Gasteiger partial charge in [0.1, 0.15) is 5.01 Å². The molecule has 3 rings (SSSR count). The molecule has 0 bridgehead atoms. The van der Waals surface area contributed by atoms with E-state index >= 15 is 0 Å². The molecule has 1 aromatic heterocycles. The van der Waals surface area contributed by atoms with Crippen LogP contribution in [0, 0.1) is 0 Å². The first-order valence-electron chi connectivity index (χ1n) is 7.18. The van der Waals surface area contributed by atoms with E-state index in [1.807, 2.05) is 24.3 Å². The Balaban J connectivity index is 1.69. The normalized spacial score (nSPS) is 11.2. The smallest absolute Gasteiger partial charge is 0.288 e. The second-order valence-electron chi connectivity index (χ2n) is 5.14. The third-order valence-electron chi connectivity index (χ3n) is 3.38. The Kier molecular flexibility index (Phi) is 5.11. The first kappa shape index (κ1) is 16.9. The number of fused-ring (bicyclic) bond motifs is 1. The zero-order chi connectivity index (χ0) is 17.1. The number of para-hydroxylation sites is 1. The van der Waals surface area contributed by atoms with Gasteiger partial charge in [-0.1, -0.05) is 23.9 Å². The zero-order valence-corrected chi connectivity index (χ0v) is 14.4. The van der Waals surface area contributed by atoms with Crippen LogP contribution in [-0.2, 0) is 6.54 Å². The van der Waals surface area contributed by atoms with E-state index in [9.17, 15) is 13.6 Å². The molecule has 0 aliphatic heterocycles. The van der Waals surface area contributed by atoms with Crippen molar-refractivity contribution in [2.75, 3.05) is 7.05 Å². The van der Waals surface area contributed by atoms with Gasteiger partial charge < -0.3 is 4.90 Å². The molecule has 0 atom stereocenters. The first-order chi connectivity index (χ1) is 11.5. The van der Waals surface area contributed by atoms with Gasteiger partial charge in [-0.25, -0.2) is 4.98 Å². The SMILES string of the molecule is CN(Cc1nc2ccccc2s1)C(=O)c1ccc(SC(F)F)cc1. The molecule has 3 nitrogen and oxygen atoms in total. The average molecular weight is 364 g/mol. The summed E-state index contributed by atoms with van der Waals surface area (Å²) < 4.78 is 25.7. The fraction of sp³-hybridized carbons (Fsp3) is 0.176. The largest absolute Gasteiger partial charge is 0.335 e. The summed E-state index contributed by atoms with van der Waals surface area (Å²) >= 11 is 2.02. The topological polar surface area (TPSA) is 33.2 Å². The summed E-state index contributed by atoms with van der Waals surface area (Å²) in [5.74, 6) is -2.63. The van der Waals surface area contributed by atoms with Gasteiger partial charge >= 0.3 is 0 Å². The van der Waals surface area contributed by atoms with E-state index in [4.69, 9.17) is 0 Å². The number of hydrogen-bond donors (Lipinski definition) is 0. The predicted octanol–water partition coefficient (Wildman–Crippen LogP) is 4.88. The van der Waals surface area contributed by atoms with E-state index in [-0.39, 0.29) is 5.91 Å². The molecule has 0 unspecified atom stereocenters. The summed E-state index contributed by atoms with van der Waals surface area (Å²) in [5.41, 5.74) is 1.39. The Labute approximate surface area is 146 Å². The molecular weight excluding hydrogens is 350 g/mol. The van der Waals surface area contributed by atoms with Gasteiger partial charge in [0.2, 0.25) is 0 Å². The summed E-state index contributed by atoms with van der Waals surface area (Å²) in [7, 11) is 1.70. The number of benzene rings is 2. The van der Waals surface area contributed by atoms with E-state index < -0.39 is 5.76 Å². The van der Waals surface area contributed by atoms with E-state index in [1.165, 1.54) is 12.1 Å². The van der Waals surface area contributed by atoms with Crippen molar-refractivity contribution in [3.8, 4) is 0 Å². The van der Waals surface area contributed by atoms with Gasteiger partial charge in [0.15, 0.2) is 0 Å². The minimum Gasteiger partial charge on any atom is -0.335 e. The number of rotatable bonds is 5. The number of alkyl halides is 2. The third kappa shape index (κ3) is 3.91. The van der Waals surface area contributed by atoms with Crippen molar-refractivity contribution in [2.45, 2.75) is 17.2 Å². The molecule has 7 heteroatoms. The monoisotopic (exact) mass is 364 g/mol. The molecule has 2 aromatic carbocycles. The van der Waals surface area contributed by atoms with Crippen LogP contribution in [0.1, 0.15) is 15.4 Å². The third-order valence-corrected chi connectivity index (χ3v) is 5.13. The molecule has 0 saturated carbocycles. The van der Waals surface area contributed by atoms with Gasteiger partial charge in [0.05, 0.1) is 16.8 Å². The Morgan fingerprint density at radius 1 is 1.21 bits per heavy atom. The fourth-order valence-electron chi connectivity index (χ4n) is 2.26. The number of carbonyl (C=O) groups excluding carboxylic acids is 1. The number of carbonyl (C=O) groups is 1. The second kappa shape index (κ2) is 7.27. The van der Waals surface area contributed by atoms with Gasteiger partial charge in [0.25, 0.3) is 11.7 Å². The van der Waals surface area contributed by atoms with Crippen LogP contribution < -0.4 is 0 Å². The summed E-state index contributed by atoms with van der Waals surface area (Å²) in [6, 6.07) is 14.0. The summed E-state index contributed by atoms with van der Waals surface area (Å²) in [4.78, 5) is 19.0. The number of halogens is 2. The Morgan fingerprint density at radius 2 is 1.92 bits per heavy atom. The number of hydrogen-bond acceptors (Lipinski definition) is 4. The number of amides is 1. The van der Waals surface area contributed by atoms with E-state index in [0.29, 0.717) is 28.8 Å². The highest BCUT2D eigenvalue weighted by atomic mass is 32.2. The van der Waals surface area contributed by atoms with Crippen LogP contribution >= 0.6 is 23.1 Å². The van der Waals surface area contributed by atoms with Crippen molar-refractivity contribution in [1.82, 2.24) is 9.88 Å². The first-order valence-corrected chi connectivity index (χ1v) is 8.87. The lowest BCUT2D eigenvalue weighted by Gasteiger charge is -2.15. The number of nitrogens with zero attached hydrogens (tertiary/aromatic N) is 2. The Morgan fingerprint density at radius 3 is 2.58 bits per heavy atom. The van der Waals surface area contributed by atoms with Crippen molar-refractivity contribution >= 4 is 39.2 Å². The van der Waals surface area contributed by atoms with Crippen LogP contribution in [0.4, 0.5) is 8.78 Å². The number of thioether (sulfide) groups is 1. The fourth-order valence-corrected chi connectivity index (χ4v) is 3.78. The Bertz CT molecular complexity index is 816. The van der Waals surface area contributed by atoms with Gasteiger partial charge in [-0.2, -0.15) is 8.78 Å². The number of aromatic nitrogens is 1. The van der Waals surface area contributed by atoms with Crippen LogP contribution in [0.15, 0.2) is 53.4 Å². The zero-order valence-electron chi connectivity index (χ0n) is 12.8. The minimum absolute atomic E-state index is 0.164. The van der Waals surface area contributed by atoms with Gasteiger partial charge in [0, 0.05) is 17.5 Å². The molecule has 0 aliphatic carbocycles. The minimum atomic E-state index is -2.46. The molecule has 1 amide bonds. The van der Waals surface area contributed by atoms with Crippen LogP contribution in [0.2, 0.25) is 0 Å². The average Bonchev–Trinajstić information content (AvgIpc) is 2.96. The maximum Gasteiger partial charge on any atom is 0.288 e. The van der Waals surface area contributed by atoms with Gasteiger partial charge in [-0.3, -0.25) is 4.79 Å².